The van der Waals surface area contributed by atoms with Gasteiger partial charge in [0.15, 0.2) is 15.8 Å². The van der Waals surface area contributed by atoms with Crippen molar-refractivity contribution in [3.05, 3.63) is 84.4 Å². The summed E-state index contributed by atoms with van der Waals surface area (Å²) in [5.41, 5.74) is 2.31. The summed E-state index contributed by atoms with van der Waals surface area (Å²) in [4.78, 5) is 12.3. The summed E-state index contributed by atoms with van der Waals surface area (Å²) in [7, 11) is 0. The molecule has 32 heavy (non-hydrogen) atoms. The molecule has 8 heteroatoms. The zero-order valence-electron chi connectivity index (χ0n) is 16.9. The second-order valence-corrected chi connectivity index (χ2v) is 9.32. The fourth-order valence-corrected chi connectivity index (χ4v) is 5.03. The van der Waals surface area contributed by atoms with E-state index in [0.29, 0.717) is 12.2 Å². The minimum absolute atomic E-state index is 0.0326. The predicted octanol–water partition coefficient (Wildman–Crippen LogP) is 5.39. The van der Waals surface area contributed by atoms with Gasteiger partial charge in [0.25, 0.3) is 5.91 Å². The highest BCUT2D eigenvalue weighted by Gasteiger charge is 2.21. The molecule has 2 heterocycles. The molecule has 6 nitrogen and oxygen atoms in total. The molecule has 0 radical (unpaired) electrons. The van der Waals surface area contributed by atoms with Gasteiger partial charge in [0.1, 0.15) is 17.7 Å². The summed E-state index contributed by atoms with van der Waals surface area (Å²) in [6.07, 6.45) is -0.0326. The number of carbonyl (C=O) groups is 1. The first-order valence-electron chi connectivity index (χ1n) is 10.1. The number of fused-ring (bicyclic) bond motifs is 1. The largest absolute Gasteiger partial charge is 0.486 e. The van der Waals surface area contributed by atoms with E-state index in [1.807, 2.05) is 66.7 Å². The van der Waals surface area contributed by atoms with Crippen molar-refractivity contribution in [2.75, 3.05) is 17.7 Å². The topological polar surface area (TPSA) is 73.3 Å². The average Bonchev–Trinajstić information content (AvgIpc) is 3.33. The number of nitrogens with one attached hydrogen (secondary N) is 1. The van der Waals surface area contributed by atoms with Gasteiger partial charge in [-0.2, -0.15) is 0 Å². The number of anilines is 1. The number of nitrogens with zero attached hydrogens (tertiary/aromatic N) is 2. The molecule has 1 aromatic heterocycles. The van der Waals surface area contributed by atoms with Gasteiger partial charge in [-0.05, 0) is 48.5 Å². The monoisotopic (exact) mass is 461 g/mol. The summed E-state index contributed by atoms with van der Waals surface area (Å²) in [6, 6.07) is 24.5. The van der Waals surface area contributed by atoms with Gasteiger partial charge in [-0.25, -0.2) is 0 Å². The van der Waals surface area contributed by atoms with Crippen molar-refractivity contribution in [2.24, 2.45) is 0 Å². The molecule has 1 amide bonds. The Kier molecular flexibility index (Phi) is 6.04. The van der Waals surface area contributed by atoms with Crippen LogP contribution in [0.2, 0.25) is 0 Å². The maximum atomic E-state index is 12.3. The Morgan fingerprint density at radius 2 is 1.72 bits per heavy atom. The molecule has 5 rings (SSSR count). The maximum Gasteiger partial charge on any atom is 0.255 e. The van der Waals surface area contributed by atoms with E-state index in [4.69, 9.17) is 9.47 Å². The summed E-state index contributed by atoms with van der Waals surface area (Å²) >= 11 is 3.14. The van der Waals surface area contributed by atoms with E-state index >= 15 is 0 Å². The van der Waals surface area contributed by atoms with Crippen molar-refractivity contribution < 1.29 is 14.3 Å². The molecule has 1 N–H and O–H groups in total. The van der Waals surface area contributed by atoms with Crippen LogP contribution in [-0.2, 0) is 0 Å². The Bertz CT molecular complexity index is 1210. The van der Waals surface area contributed by atoms with Gasteiger partial charge in [-0.15, -0.1) is 10.2 Å². The lowest BCUT2D eigenvalue weighted by Crippen LogP contribution is -2.31. The van der Waals surface area contributed by atoms with Crippen molar-refractivity contribution in [3.8, 4) is 22.1 Å². The number of hydrogen-bond donors (Lipinski definition) is 1. The molecule has 1 aliphatic rings. The van der Waals surface area contributed by atoms with Crippen molar-refractivity contribution >= 4 is 34.7 Å². The molecule has 4 aromatic rings. The van der Waals surface area contributed by atoms with E-state index < -0.39 is 0 Å². The van der Waals surface area contributed by atoms with E-state index in [0.717, 1.165) is 37.8 Å². The van der Waals surface area contributed by atoms with Crippen LogP contribution in [0.5, 0.6) is 11.5 Å². The molecule has 1 aliphatic heterocycles. The molecule has 0 aliphatic carbocycles. The summed E-state index contributed by atoms with van der Waals surface area (Å²) in [5, 5.41) is 12.3. The van der Waals surface area contributed by atoms with Gasteiger partial charge in [0.05, 0.1) is 0 Å². The highest BCUT2D eigenvalue weighted by atomic mass is 32.2. The fourth-order valence-electron chi connectivity index (χ4n) is 3.18. The lowest BCUT2D eigenvalue weighted by atomic mass is 10.2. The lowest BCUT2D eigenvalue weighted by Gasteiger charge is -2.25. The van der Waals surface area contributed by atoms with Gasteiger partial charge < -0.3 is 14.8 Å². The van der Waals surface area contributed by atoms with Crippen LogP contribution in [-0.4, -0.2) is 34.6 Å². The SMILES string of the molecule is O=C(Nc1ccc(-c2nnc(SCC3COc4ccccc4O3)s2)cc1)c1ccccc1. The van der Waals surface area contributed by atoms with Gasteiger partial charge in [0.2, 0.25) is 0 Å². The summed E-state index contributed by atoms with van der Waals surface area (Å²) < 4.78 is 12.6. The van der Waals surface area contributed by atoms with E-state index in [-0.39, 0.29) is 12.0 Å². The quantitative estimate of drug-likeness (QED) is 0.388. The van der Waals surface area contributed by atoms with Crippen molar-refractivity contribution in [1.82, 2.24) is 10.2 Å². The second-order valence-electron chi connectivity index (χ2n) is 7.08. The average molecular weight is 462 g/mol. The van der Waals surface area contributed by atoms with Crippen LogP contribution in [0.25, 0.3) is 10.6 Å². The molecule has 160 valence electrons. The Morgan fingerprint density at radius 1 is 0.969 bits per heavy atom. The Morgan fingerprint density at radius 3 is 2.53 bits per heavy atom. The van der Waals surface area contributed by atoms with Gasteiger partial charge in [0, 0.05) is 22.6 Å². The molecule has 1 atom stereocenters. The Hall–Kier alpha value is -3.36. The number of carbonyl (C=O) groups excluding carboxylic acids is 1. The summed E-state index contributed by atoms with van der Waals surface area (Å²) in [5.74, 6) is 2.16. The molecular formula is C24H19N3O3S2. The summed E-state index contributed by atoms with van der Waals surface area (Å²) in [6.45, 7) is 0.520. The molecule has 0 fully saturated rings. The molecule has 0 spiro atoms. The highest BCUT2D eigenvalue weighted by Crippen LogP contribution is 2.34. The first-order valence-corrected chi connectivity index (χ1v) is 11.9. The first kappa shape index (κ1) is 20.5. The normalized spacial score (nSPS) is 14.7. The van der Waals surface area contributed by atoms with Crippen LogP contribution in [0.15, 0.2) is 83.2 Å². The smallest absolute Gasteiger partial charge is 0.255 e. The zero-order chi connectivity index (χ0) is 21.8. The number of hydrogen-bond acceptors (Lipinski definition) is 7. The van der Waals surface area contributed by atoms with E-state index in [1.165, 1.54) is 11.3 Å². The molecule has 0 saturated heterocycles. The van der Waals surface area contributed by atoms with Crippen molar-refractivity contribution in [1.29, 1.82) is 0 Å². The van der Waals surface area contributed by atoms with Crippen LogP contribution in [0.3, 0.4) is 0 Å². The number of rotatable bonds is 6. The number of amides is 1. The van der Waals surface area contributed by atoms with Gasteiger partial charge in [-0.3, -0.25) is 4.79 Å². The highest BCUT2D eigenvalue weighted by molar-refractivity contribution is 8.01. The first-order chi connectivity index (χ1) is 15.7. The third-order valence-electron chi connectivity index (χ3n) is 4.79. The standard InChI is InChI=1S/C24H19N3O3S2/c28-22(16-6-2-1-3-7-16)25-18-12-10-17(11-13-18)23-26-27-24(32-23)31-15-19-14-29-20-8-4-5-9-21(20)30-19/h1-13,19H,14-15H2,(H,25,28). The lowest BCUT2D eigenvalue weighted by molar-refractivity contribution is 0.102. The molecule has 1 unspecified atom stereocenters. The Labute approximate surface area is 193 Å². The molecule has 3 aromatic carbocycles. The molecular weight excluding hydrogens is 442 g/mol. The van der Waals surface area contributed by atoms with Crippen molar-refractivity contribution in [2.45, 2.75) is 10.4 Å². The van der Waals surface area contributed by atoms with Crippen LogP contribution in [0.1, 0.15) is 10.4 Å². The third kappa shape index (κ3) is 4.76. The van der Waals surface area contributed by atoms with E-state index in [9.17, 15) is 4.79 Å². The number of thioether (sulfide) groups is 1. The minimum atomic E-state index is -0.135. The van der Waals surface area contributed by atoms with Crippen LogP contribution in [0, 0.1) is 0 Å². The van der Waals surface area contributed by atoms with Crippen molar-refractivity contribution in [3.63, 3.8) is 0 Å². The zero-order valence-corrected chi connectivity index (χ0v) is 18.6. The number of para-hydroxylation sites is 2. The van der Waals surface area contributed by atoms with E-state index in [2.05, 4.69) is 15.5 Å². The van der Waals surface area contributed by atoms with E-state index in [1.54, 1.807) is 23.9 Å². The minimum Gasteiger partial charge on any atom is -0.486 e. The maximum absolute atomic E-state index is 12.3. The number of benzene rings is 3. The molecule has 0 saturated carbocycles. The Balaban J connectivity index is 1.17. The van der Waals surface area contributed by atoms with Crippen LogP contribution in [0.4, 0.5) is 5.69 Å². The van der Waals surface area contributed by atoms with Gasteiger partial charge >= 0.3 is 0 Å². The molecule has 0 bridgehead atoms. The van der Waals surface area contributed by atoms with Crippen LogP contribution < -0.4 is 14.8 Å². The van der Waals surface area contributed by atoms with Gasteiger partial charge in [-0.1, -0.05) is 53.4 Å². The fraction of sp³-hybridized carbons (Fsp3) is 0.125. The predicted molar refractivity (Wildman–Crippen MR) is 127 cm³/mol. The number of aromatic nitrogens is 2. The van der Waals surface area contributed by atoms with Crippen LogP contribution >= 0.6 is 23.1 Å². The number of ether oxygens (including phenoxy) is 2. The third-order valence-corrected chi connectivity index (χ3v) is 7.03. The second kappa shape index (κ2) is 9.42.